The van der Waals surface area contributed by atoms with Crippen LogP contribution in [0, 0.1) is 6.92 Å². The molecule has 1 heterocycles. The van der Waals surface area contributed by atoms with Gasteiger partial charge in [-0.3, -0.25) is 10.3 Å². The van der Waals surface area contributed by atoms with Crippen molar-refractivity contribution in [1.29, 1.82) is 0 Å². The quantitative estimate of drug-likeness (QED) is 0.814. The van der Waals surface area contributed by atoms with Gasteiger partial charge in [-0.15, -0.1) is 0 Å². The zero-order valence-corrected chi connectivity index (χ0v) is 11.0. The van der Waals surface area contributed by atoms with E-state index >= 15 is 0 Å². The summed E-state index contributed by atoms with van der Waals surface area (Å²) in [5.41, 5.74) is 5.32. The number of anilines is 1. The lowest BCUT2D eigenvalue weighted by Crippen LogP contribution is -2.43. The number of likely N-dealkylation sites (tertiary alicyclic amines) is 1. The van der Waals surface area contributed by atoms with E-state index in [4.69, 9.17) is 4.84 Å². The third kappa shape index (κ3) is 3.45. The predicted octanol–water partition coefficient (Wildman–Crippen LogP) is 2.82. The molecule has 1 aliphatic rings. The molecule has 0 radical (unpaired) electrons. The topological polar surface area (TPSA) is 24.5 Å². The molecule has 3 heteroatoms. The average Bonchev–Trinajstić information content (AvgIpc) is 2.31. The molecular weight excluding hydrogens is 212 g/mol. The van der Waals surface area contributed by atoms with E-state index in [1.165, 1.54) is 5.56 Å². The summed E-state index contributed by atoms with van der Waals surface area (Å²) in [5, 5.41) is 0. The number of nitrogens with zero attached hydrogens (tertiary/aromatic N) is 1. The second-order valence-electron chi connectivity index (χ2n) is 5.33. The van der Waals surface area contributed by atoms with Gasteiger partial charge in [-0.2, -0.15) is 0 Å². The third-order valence-electron chi connectivity index (χ3n) is 3.48. The largest absolute Gasteiger partial charge is 0.306 e. The van der Waals surface area contributed by atoms with Crippen LogP contribution in [0.15, 0.2) is 24.3 Å². The van der Waals surface area contributed by atoms with Crippen LogP contribution in [0.1, 0.15) is 25.3 Å². The minimum Gasteiger partial charge on any atom is -0.306 e. The van der Waals surface area contributed by atoms with Crippen LogP contribution >= 0.6 is 0 Å². The zero-order chi connectivity index (χ0) is 12.3. The van der Waals surface area contributed by atoms with Crippen LogP contribution in [0.3, 0.4) is 0 Å². The predicted molar refractivity (Wildman–Crippen MR) is 71.0 cm³/mol. The zero-order valence-electron chi connectivity index (χ0n) is 11.0. The highest BCUT2D eigenvalue weighted by molar-refractivity contribution is 5.43. The molecule has 0 aliphatic carbocycles. The van der Waals surface area contributed by atoms with Crippen LogP contribution in [-0.4, -0.2) is 30.6 Å². The molecule has 1 fully saturated rings. The Morgan fingerprint density at radius 1 is 1.29 bits per heavy atom. The third-order valence-corrected chi connectivity index (χ3v) is 3.48. The Bertz CT molecular complexity index is 370. The molecule has 0 unspecified atom stereocenters. The molecule has 1 saturated heterocycles. The van der Waals surface area contributed by atoms with E-state index in [0.717, 1.165) is 31.6 Å². The fourth-order valence-electron chi connectivity index (χ4n) is 2.08. The first-order chi connectivity index (χ1) is 8.07. The number of nitrogens with one attached hydrogen (secondary N) is 1. The molecule has 0 bridgehead atoms. The highest BCUT2D eigenvalue weighted by Gasteiger charge is 2.30. The van der Waals surface area contributed by atoms with Gasteiger partial charge in [-0.1, -0.05) is 12.1 Å². The number of hydrogen-bond acceptors (Lipinski definition) is 3. The number of aryl methyl sites for hydroxylation is 1. The number of hydrogen-bond donors (Lipinski definition) is 1. The molecule has 0 atom stereocenters. The Hall–Kier alpha value is -1.06. The van der Waals surface area contributed by atoms with Gasteiger partial charge < -0.3 is 4.90 Å². The van der Waals surface area contributed by atoms with Crippen LogP contribution in [0.25, 0.3) is 0 Å². The molecule has 1 N–H and O–H groups in total. The van der Waals surface area contributed by atoms with Gasteiger partial charge in [-0.05, 0) is 51.4 Å². The van der Waals surface area contributed by atoms with Crippen molar-refractivity contribution in [3.63, 3.8) is 0 Å². The Morgan fingerprint density at radius 3 is 2.65 bits per heavy atom. The molecule has 3 nitrogen and oxygen atoms in total. The Kier molecular flexibility index (Phi) is 3.69. The van der Waals surface area contributed by atoms with Crippen molar-refractivity contribution in [3.8, 4) is 0 Å². The van der Waals surface area contributed by atoms with Crippen LogP contribution < -0.4 is 5.48 Å². The summed E-state index contributed by atoms with van der Waals surface area (Å²) in [6, 6.07) is 8.25. The van der Waals surface area contributed by atoms with Crippen molar-refractivity contribution in [1.82, 2.24) is 4.90 Å². The van der Waals surface area contributed by atoms with Crippen molar-refractivity contribution in [3.05, 3.63) is 29.8 Å². The maximum atomic E-state index is 5.88. The number of rotatable bonds is 3. The summed E-state index contributed by atoms with van der Waals surface area (Å²) in [6.07, 6.45) is 2.14. The highest BCUT2D eigenvalue weighted by atomic mass is 16.7. The van der Waals surface area contributed by atoms with E-state index < -0.39 is 0 Å². The van der Waals surface area contributed by atoms with E-state index in [2.05, 4.69) is 43.4 Å². The van der Waals surface area contributed by atoms with Gasteiger partial charge in [0.25, 0.3) is 0 Å². The van der Waals surface area contributed by atoms with Crippen LogP contribution in [-0.2, 0) is 4.84 Å². The maximum absolute atomic E-state index is 5.88. The molecule has 0 amide bonds. The maximum Gasteiger partial charge on any atom is 0.0956 e. The van der Waals surface area contributed by atoms with Gasteiger partial charge >= 0.3 is 0 Å². The summed E-state index contributed by atoms with van der Waals surface area (Å²) >= 11 is 0. The van der Waals surface area contributed by atoms with E-state index in [1.807, 2.05) is 12.1 Å². The lowest BCUT2D eigenvalue weighted by Gasteiger charge is -2.37. The summed E-state index contributed by atoms with van der Waals surface area (Å²) in [4.78, 5) is 8.23. The number of benzene rings is 1. The van der Waals surface area contributed by atoms with Crippen LogP contribution in [0.4, 0.5) is 5.69 Å². The first kappa shape index (κ1) is 12.4. The normalized spacial score (nSPS) is 20.2. The van der Waals surface area contributed by atoms with Crippen molar-refractivity contribution < 1.29 is 4.84 Å². The van der Waals surface area contributed by atoms with Crippen molar-refractivity contribution in [2.24, 2.45) is 0 Å². The minimum absolute atomic E-state index is 0.0454. The fraction of sp³-hybridized carbons (Fsp3) is 0.571. The molecule has 2 rings (SSSR count). The summed E-state index contributed by atoms with van der Waals surface area (Å²) in [6.45, 7) is 6.48. The van der Waals surface area contributed by atoms with Gasteiger partial charge in [0, 0.05) is 13.1 Å². The molecule has 0 saturated carbocycles. The molecule has 1 aliphatic heterocycles. The summed E-state index contributed by atoms with van der Waals surface area (Å²) in [5.74, 6) is 0. The van der Waals surface area contributed by atoms with E-state index in [1.54, 1.807) is 0 Å². The minimum atomic E-state index is -0.0454. The van der Waals surface area contributed by atoms with Gasteiger partial charge in [0.15, 0.2) is 0 Å². The van der Waals surface area contributed by atoms with E-state index in [-0.39, 0.29) is 5.60 Å². The Morgan fingerprint density at radius 2 is 2.00 bits per heavy atom. The SMILES string of the molecule is Cc1cccc(NOC2(C)CCN(C)CC2)c1. The second-order valence-corrected chi connectivity index (χ2v) is 5.33. The van der Waals surface area contributed by atoms with Crippen molar-refractivity contribution in [2.75, 3.05) is 25.6 Å². The van der Waals surface area contributed by atoms with Crippen molar-refractivity contribution in [2.45, 2.75) is 32.3 Å². The Balaban J connectivity index is 1.89. The van der Waals surface area contributed by atoms with Gasteiger partial charge in [0.05, 0.1) is 11.3 Å². The molecular formula is C14H22N2O. The van der Waals surface area contributed by atoms with Crippen LogP contribution in [0.2, 0.25) is 0 Å². The molecule has 0 aromatic heterocycles. The fourth-order valence-corrected chi connectivity index (χ4v) is 2.08. The van der Waals surface area contributed by atoms with Gasteiger partial charge in [0.2, 0.25) is 0 Å². The second kappa shape index (κ2) is 5.07. The van der Waals surface area contributed by atoms with E-state index in [9.17, 15) is 0 Å². The molecule has 1 aromatic carbocycles. The lowest BCUT2D eigenvalue weighted by molar-refractivity contribution is -0.0395. The average molecular weight is 234 g/mol. The molecule has 1 aromatic rings. The van der Waals surface area contributed by atoms with Crippen molar-refractivity contribution >= 4 is 5.69 Å². The molecule has 94 valence electrons. The lowest BCUT2D eigenvalue weighted by atomic mass is 9.94. The first-order valence-corrected chi connectivity index (χ1v) is 6.27. The van der Waals surface area contributed by atoms with Gasteiger partial charge in [-0.25, -0.2) is 0 Å². The first-order valence-electron chi connectivity index (χ1n) is 6.27. The van der Waals surface area contributed by atoms with Crippen LogP contribution in [0.5, 0.6) is 0 Å². The monoisotopic (exact) mass is 234 g/mol. The standard InChI is InChI=1S/C14H22N2O/c1-12-5-4-6-13(11-12)15-17-14(2)7-9-16(3)10-8-14/h4-6,11,15H,7-10H2,1-3H3. The smallest absolute Gasteiger partial charge is 0.0956 e. The molecule has 0 spiro atoms. The highest BCUT2D eigenvalue weighted by Crippen LogP contribution is 2.25. The molecule has 17 heavy (non-hydrogen) atoms. The summed E-state index contributed by atoms with van der Waals surface area (Å²) in [7, 11) is 2.16. The van der Waals surface area contributed by atoms with Gasteiger partial charge in [0.1, 0.15) is 0 Å². The van der Waals surface area contributed by atoms with E-state index in [0.29, 0.717) is 0 Å². The Labute approximate surface area is 104 Å². The summed E-state index contributed by atoms with van der Waals surface area (Å²) < 4.78 is 0. The number of piperidine rings is 1.